The van der Waals surface area contributed by atoms with Gasteiger partial charge in [0, 0.05) is 12.8 Å². The van der Waals surface area contributed by atoms with E-state index in [1.807, 2.05) is 0 Å². The summed E-state index contributed by atoms with van der Waals surface area (Å²) in [4.78, 5) is 24.4. The second-order valence-electron chi connectivity index (χ2n) is 11.0. The number of ether oxygens (including phenoxy) is 2. The van der Waals surface area contributed by atoms with Gasteiger partial charge in [0.15, 0.2) is 0 Å². The van der Waals surface area contributed by atoms with E-state index in [-0.39, 0.29) is 11.9 Å². The molecule has 2 unspecified atom stereocenters. The minimum absolute atomic E-state index is 0.0541. The lowest BCUT2D eigenvalue weighted by Gasteiger charge is -2.17. The summed E-state index contributed by atoms with van der Waals surface area (Å²) < 4.78 is 11.2. The van der Waals surface area contributed by atoms with E-state index >= 15 is 0 Å². The summed E-state index contributed by atoms with van der Waals surface area (Å²) >= 11 is 0. The number of hydrogen-bond donors (Lipinski definition) is 0. The van der Waals surface area contributed by atoms with E-state index in [9.17, 15) is 9.59 Å². The Kier molecular flexibility index (Phi) is 26.2. The predicted molar refractivity (Wildman–Crippen MR) is 153 cm³/mol. The summed E-state index contributed by atoms with van der Waals surface area (Å²) in [6.07, 6.45) is 24.4. The van der Waals surface area contributed by atoms with E-state index < -0.39 is 0 Å². The number of unbranched alkanes of at least 4 members (excludes halogenated alkanes) is 11. The van der Waals surface area contributed by atoms with Crippen molar-refractivity contribution >= 4 is 11.9 Å². The molecule has 4 nitrogen and oxygen atoms in total. The molecule has 0 rings (SSSR count). The van der Waals surface area contributed by atoms with Gasteiger partial charge in [0.2, 0.25) is 0 Å². The van der Waals surface area contributed by atoms with Crippen LogP contribution in [-0.4, -0.2) is 25.2 Å². The Bertz CT molecular complexity index is 447. The minimum atomic E-state index is -0.0541. The molecule has 0 saturated carbocycles. The zero-order valence-electron chi connectivity index (χ0n) is 24.8. The second kappa shape index (κ2) is 27.0. The highest BCUT2D eigenvalue weighted by molar-refractivity contribution is 5.69. The van der Waals surface area contributed by atoms with Gasteiger partial charge >= 0.3 is 11.9 Å². The molecule has 0 bridgehead atoms. The summed E-state index contributed by atoms with van der Waals surface area (Å²) in [5.41, 5.74) is 0. The van der Waals surface area contributed by atoms with Crippen LogP contribution in [0.25, 0.3) is 0 Å². The van der Waals surface area contributed by atoms with Gasteiger partial charge in [-0.1, -0.05) is 118 Å². The van der Waals surface area contributed by atoms with Gasteiger partial charge in [-0.3, -0.25) is 9.59 Å². The summed E-state index contributed by atoms with van der Waals surface area (Å²) in [6.45, 7) is 10.1. The fourth-order valence-corrected chi connectivity index (χ4v) is 4.79. The van der Waals surface area contributed by atoms with E-state index in [2.05, 4.69) is 27.7 Å². The maximum atomic E-state index is 12.2. The molecule has 0 aromatic heterocycles. The highest BCUT2D eigenvalue weighted by atomic mass is 16.5. The maximum absolute atomic E-state index is 12.2. The molecule has 0 aliphatic carbocycles. The first-order chi connectivity index (χ1) is 17.6. The smallest absolute Gasteiger partial charge is 0.305 e. The van der Waals surface area contributed by atoms with Crippen LogP contribution in [0.2, 0.25) is 0 Å². The first-order valence-electron chi connectivity index (χ1n) is 15.9. The van der Waals surface area contributed by atoms with Gasteiger partial charge in [-0.15, -0.1) is 0 Å². The number of carbonyl (C=O) groups excluding carboxylic acids is 2. The molecule has 0 aromatic carbocycles. The lowest BCUT2D eigenvalue weighted by molar-refractivity contribution is -0.146. The molecule has 0 heterocycles. The van der Waals surface area contributed by atoms with Crippen LogP contribution in [0.5, 0.6) is 0 Å². The van der Waals surface area contributed by atoms with Gasteiger partial charge in [-0.05, 0) is 50.4 Å². The van der Waals surface area contributed by atoms with Crippen LogP contribution in [0, 0.1) is 11.8 Å². The van der Waals surface area contributed by atoms with Crippen LogP contribution in [0.3, 0.4) is 0 Å². The average Bonchev–Trinajstić information content (AvgIpc) is 2.88. The Balaban J connectivity index is 3.91. The fraction of sp³-hybridized carbons (Fsp3) is 0.938. The normalized spacial score (nSPS) is 12.9. The third-order valence-electron chi connectivity index (χ3n) is 7.34. The van der Waals surface area contributed by atoms with E-state index in [0.717, 1.165) is 25.7 Å². The lowest BCUT2D eigenvalue weighted by atomic mass is 9.96. The van der Waals surface area contributed by atoms with Crippen molar-refractivity contribution in [1.82, 2.24) is 0 Å². The Hall–Kier alpha value is -1.06. The van der Waals surface area contributed by atoms with Gasteiger partial charge in [0.1, 0.15) is 0 Å². The van der Waals surface area contributed by atoms with Crippen LogP contribution in [0.15, 0.2) is 0 Å². The van der Waals surface area contributed by atoms with Crippen molar-refractivity contribution in [2.24, 2.45) is 11.8 Å². The van der Waals surface area contributed by atoms with Crippen molar-refractivity contribution < 1.29 is 19.1 Å². The molecule has 0 N–H and O–H groups in total. The molecule has 0 amide bonds. The largest absolute Gasteiger partial charge is 0.465 e. The molecule has 4 heteroatoms. The molecule has 0 radical (unpaired) electrons. The van der Waals surface area contributed by atoms with E-state index in [0.29, 0.717) is 37.9 Å². The average molecular weight is 511 g/mol. The van der Waals surface area contributed by atoms with Crippen molar-refractivity contribution in [2.75, 3.05) is 13.2 Å². The Morgan fingerprint density at radius 3 is 1.14 bits per heavy atom. The second-order valence-corrected chi connectivity index (χ2v) is 11.0. The molecular weight excluding hydrogens is 448 g/mol. The molecular formula is C32H62O4. The summed E-state index contributed by atoms with van der Waals surface area (Å²) in [6, 6.07) is 0. The quantitative estimate of drug-likeness (QED) is 0.0814. The van der Waals surface area contributed by atoms with Crippen molar-refractivity contribution in [3.63, 3.8) is 0 Å². The van der Waals surface area contributed by atoms with Gasteiger partial charge in [0.25, 0.3) is 0 Å². The zero-order chi connectivity index (χ0) is 26.7. The topological polar surface area (TPSA) is 52.6 Å². The van der Waals surface area contributed by atoms with Crippen molar-refractivity contribution in [1.29, 1.82) is 0 Å². The van der Waals surface area contributed by atoms with Crippen LogP contribution < -0.4 is 0 Å². The minimum Gasteiger partial charge on any atom is -0.465 e. The van der Waals surface area contributed by atoms with Crippen molar-refractivity contribution in [2.45, 2.75) is 169 Å². The molecule has 0 spiro atoms. The number of esters is 2. The van der Waals surface area contributed by atoms with Crippen molar-refractivity contribution in [3.8, 4) is 0 Å². The molecule has 36 heavy (non-hydrogen) atoms. The Morgan fingerprint density at radius 2 is 0.778 bits per heavy atom. The first-order valence-corrected chi connectivity index (χ1v) is 15.9. The number of hydrogen-bond acceptors (Lipinski definition) is 4. The summed E-state index contributed by atoms with van der Waals surface area (Å²) in [5.74, 6) is 0.937. The fourth-order valence-electron chi connectivity index (χ4n) is 4.79. The Labute approximate surface area is 225 Å². The number of carbonyl (C=O) groups is 2. The Morgan fingerprint density at radius 1 is 0.444 bits per heavy atom. The molecule has 0 aromatic rings. The summed E-state index contributed by atoms with van der Waals surface area (Å²) in [5, 5.41) is 0. The lowest BCUT2D eigenvalue weighted by Crippen LogP contribution is -2.15. The molecule has 0 aliphatic rings. The molecule has 0 aliphatic heterocycles. The maximum Gasteiger partial charge on any atom is 0.305 e. The van der Waals surface area contributed by atoms with Crippen LogP contribution in [0.1, 0.15) is 169 Å². The van der Waals surface area contributed by atoms with Gasteiger partial charge in [-0.2, -0.15) is 0 Å². The molecule has 2 atom stereocenters. The molecule has 214 valence electrons. The zero-order valence-corrected chi connectivity index (χ0v) is 24.8. The SMILES string of the molecule is CCCCCCC(CCCC)COC(=O)CCCCCCC(=O)OCC(CCCC)CCCCCC. The predicted octanol–water partition coefficient (Wildman–Crippen LogP) is 9.97. The summed E-state index contributed by atoms with van der Waals surface area (Å²) in [7, 11) is 0. The van der Waals surface area contributed by atoms with Gasteiger partial charge < -0.3 is 9.47 Å². The third-order valence-corrected chi connectivity index (χ3v) is 7.34. The highest BCUT2D eigenvalue weighted by Crippen LogP contribution is 2.20. The van der Waals surface area contributed by atoms with Crippen molar-refractivity contribution in [3.05, 3.63) is 0 Å². The van der Waals surface area contributed by atoms with Crippen LogP contribution in [-0.2, 0) is 19.1 Å². The first kappa shape index (κ1) is 34.9. The highest BCUT2D eigenvalue weighted by Gasteiger charge is 2.13. The van der Waals surface area contributed by atoms with E-state index in [1.165, 1.54) is 103 Å². The molecule has 0 saturated heterocycles. The third kappa shape index (κ3) is 23.3. The van der Waals surface area contributed by atoms with Gasteiger partial charge in [-0.25, -0.2) is 0 Å². The monoisotopic (exact) mass is 510 g/mol. The van der Waals surface area contributed by atoms with Crippen LogP contribution in [0.4, 0.5) is 0 Å². The van der Waals surface area contributed by atoms with Gasteiger partial charge in [0.05, 0.1) is 13.2 Å². The van der Waals surface area contributed by atoms with Crippen LogP contribution >= 0.6 is 0 Å². The standard InChI is InChI=1S/C32H62O4/c1-5-9-13-17-23-29(21-11-7-3)27-35-31(33)25-19-15-16-20-26-32(34)36-28-30(22-12-8-4)24-18-14-10-6-2/h29-30H,5-28H2,1-4H3. The van der Waals surface area contributed by atoms with E-state index in [4.69, 9.17) is 9.47 Å². The molecule has 0 fully saturated rings. The number of rotatable bonds is 27. The van der Waals surface area contributed by atoms with E-state index in [1.54, 1.807) is 0 Å².